The molecule has 1 aromatic carbocycles. The number of benzene rings is 1. The molecule has 0 radical (unpaired) electrons. The van der Waals surface area contributed by atoms with E-state index in [2.05, 4.69) is 36.2 Å². The summed E-state index contributed by atoms with van der Waals surface area (Å²) in [5.41, 5.74) is 8.21. The van der Waals surface area contributed by atoms with Gasteiger partial charge >= 0.3 is 0 Å². The molecule has 0 aliphatic rings. The fourth-order valence-corrected chi connectivity index (χ4v) is 2.14. The van der Waals surface area contributed by atoms with E-state index in [1.165, 1.54) is 5.56 Å². The third kappa shape index (κ3) is 6.17. The van der Waals surface area contributed by atoms with E-state index >= 15 is 0 Å². The second-order valence-corrected chi connectivity index (χ2v) is 6.01. The van der Waals surface area contributed by atoms with Crippen molar-refractivity contribution >= 4 is 5.91 Å². The molecule has 1 aromatic rings. The topological polar surface area (TPSA) is 58.4 Å². The van der Waals surface area contributed by atoms with Gasteiger partial charge < -0.3 is 16.0 Å². The molecule has 1 rings (SSSR count). The van der Waals surface area contributed by atoms with Crippen LogP contribution >= 0.6 is 0 Å². The van der Waals surface area contributed by atoms with Crippen molar-refractivity contribution in [1.29, 1.82) is 0 Å². The number of nitrogens with one attached hydrogen (secondary N) is 1. The van der Waals surface area contributed by atoms with Crippen LogP contribution < -0.4 is 11.1 Å². The third-order valence-electron chi connectivity index (χ3n) is 3.02. The monoisotopic (exact) mass is 277 g/mol. The Morgan fingerprint density at radius 1 is 1.30 bits per heavy atom. The van der Waals surface area contributed by atoms with E-state index in [1.807, 2.05) is 26.2 Å². The zero-order valence-corrected chi connectivity index (χ0v) is 13.0. The fraction of sp³-hybridized carbons (Fsp3) is 0.562. The summed E-state index contributed by atoms with van der Waals surface area (Å²) in [6.45, 7) is 5.57. The number of hydrogen-bond donors (Lipinski definition) is 2. The second-order valence-electron chi connectivity index (χ2n) is 6.01. The zero-order chi connectivity index (χ0) is 15.1. The van der Waals surface area contributed by atoms with E-state index in [1.54, 1.807) is 0 Å². The Morgan fingerprint density at radius 3 is 2.55 bits per heavy atom. The molecule has 3 N–H and O–H groups in total. The molecule has 20 heavy (non-hydrogen) atoms. The van der Waals surface area contributed by atoms with Crippen LogP contribution in [0.2, 0.25) is 0 Å². The summed E-state index contributed by atoms with van der Waals surface area (Å²) in [6, 6.07) is 7.84. The van der Waals surface area contributed by atoms with E-state index < -0.39 is 6.04 Å². The smallest absolute Gasteiger partial charge is 0.237 e. The SMILES string of the molecule is CC(C)C[C@H](N)C(=O)NCc1cccc(CN(C)C)c1. The van der Waals surface area contributed by atoms with Gasteiger partial charge in [-0.3, -0.25) is 4.79 Å². The van der Waals surface area contributed by atoms with Crippen molar-refractivity contribution in [1.82, 2.24) is 10.2 Å². The quantitative estimate of drug-likeness (QED) is 0.798. The summed E-state index contributed by atoms with van der Waals surface area (Å²) in [7, 11) is 4.08. The lowest BCUT2D eigenvalue weighted by Crippen LogP contribution is -2.41. The first-order chi connectivity index (χ1) is 9.38. The van der Waals surface area contributed by atoms with Crippen molar-refractivity contribution < 1.29 is 4.79 Å². The molecule has 0 saturated carbocycles. The van der Waals surface area contributed by atoms with Crippen LogP contribution in [0.1, 0.15) is 31.4 Å². The first-order valence-corrected chi connectivity index (χ1v) is 7.14. The molecule has 1 atom stereocenters. The van der Waals surface area contributed by atoms with Crippen molar-refractivity contribution in [3.8, 4) is 0 Å². The molecule has 0 fully saturated rings. The van der Waals surface area contributed by atoms with Crippen molar-refractivity contribution in [2.24, 2.45) is 11.7 Å². The third-order valence-corrected chi connectivity index (χ3v) is 3.02. The van der Waals surface area contributed by atoms with Crippen molar-refractivity contribution in [2.45, 2.75) is 39.4 Å². The maximum Gasteiger partial charge on any atom is 0.237 e. The molecular weight excluding hydrogens is 250 g/mol. The molecule has 4 nitrogen and oxygen atoms in total. The highest BCUT2D eigenvalue weighted by molar-refractivity contribution is 5.81. The maximum absolute atomic E-state index is 11.9. The number of nitrogens with zero attached hydrogens (tertiary/aromatic N) is 1. The van der Waals surface area contributed by atoms with Gasteiger partial charge in [0.25, 0.3) is 0 Å². The molecule has 0 bridgehead atoms. The van der Waals surface area contributed by atoms with E-state index in [0.717, 1.165) is 12.1 Å². The van der Waals surface area contributed by atoms with Gasteiger partial charge in [0.1, 0.15) is 0 Å². The standard InChI is InChI=1S/C16H27N3O/c1-12(2)8-15(17)16(20)18-10-13-6-5-7-14(9-13)11-19(3)4/h5-7,9,12,15H,8,10-11,17H2,1-4H3,(H,18,20)/t15-/m0/s1. The van der Waals surface area contributed by atoms with Crippen LogP contribution in [0.15, 0.2) is 24.3 Å². The van der Waals surface area contributed by atoms with Crippen LogP contribution in [-0.4, -0.2) is 30.9 Å². The highest BCUT2D eigenvalue weighted by Crippen LogP contribution is 2.07. The first kappa shape index (κ1) is 16.7. The van der Waals surface area contributed by atoms with Crippen LogP contribution in [0.3, 0.4) is 0 Å². The Morgan fingerprint density at radius 2 is 1.95 bits per heavy atom. The summed E-state index contributed by atoms with van der Waals surface area (Å²) in [6.07, 6.45) is 0.715. The molecule has 112 valence electrons. The van der Waals surface area contributed by atoms with Gasteiger partial charge in [-0.25, -0.2) is 0 Å². The maximum atomic E-state index is 11.9. The van der Waals surface area contributed by atoms with Gasteiger partial charge in [-0.2, -0.15) is 0 Å². The lowest BCUT2D eigenvalue weighted by atomic mass is 10.0. The Labute approximate surface area is 122 Å². The second kappa shape index (κ2) is 8.02. The van der Waals surface area contributed by atoms with Crippen molar-refractivity contribution in [3.63, 3.8) is 0 Å². The molecule has 1 amide bonds. The molecule has 4 heteroatoms. The van der Waals surface area contributed by atoms with E-state index in [9.17, 15) is 4.79 Å². The number of carbonyl (C=O) groups is 1. The fourth-order valence-electron chi connectivity index (χ4n) is 2.14. The lowest BCUT2D eigenvalue weighted by molar-refractivity contribution is -0.122. The summed E-state index contributed by atoms with van der Waals surface area (Å²) < 4.78 is 0. The van der Waals surface area contributed by atoms with Crippen molar-refractivity contribution in [3.05, 3.63) is 35.4 Å². The Balaban J connectivity index is 2.50. The Kier molecular flexibility index (Phi) is 6.68. The largest absolute Gasteiger partial charge is 0.351 e. The number of amides is 1. The van der Waals surface area contributed by atoms with Gasteiger partial charge in [0.05, 0.1) is 6.04 Å². The van der Waals surface area contributed by atoms with Crippen molar-refractivity contribution in [2.75, 3.05) is 14.1 Å². The molecule has 0 spiro atoms. The van der Waals surface area contributed by atoms with E-state index in [0.29, 0.717) is 18.9 Å². The molecule has 0 aliphatic heterocycles. The summed E-state index contributed by atoms with van der Waals surface area (Å²) >= 11 is 0. The minimum Gasteiger partial charge on any atom is -0.351 e. The summed E-state index contributed by atoms with van der Waals surface area (Å²) in [5, 5.41) is 2.91. The molecular formula is C16H27N3O. The average Bonchev–Trinajstić information content (AvgIpc) is 2.34. The van der Waals surface area contributed by atoms with E-state index in [4.69, 9.17) is 5.73 Å². The summed E-state index contributed by atoms with van der Waals surface area (Å²) in [5.74, 6) is 0.357. The molecule has 0 heterocycles. The van der Waals surface area contributed by atoms with Gasteiger partial charge in [0.15, 0.2) is 0 Å². The highest BCUT2D eigenvalue weighted by Gasteiger charge is 2.14. The number of hydrogen-bond acceptors (Lipinski definition) is 3. The molecule has 0 unspecified atom stereocenters. The predicted octanol–water partition coefficient (Wildman–Crippen LogP) is 1.74. The highest BCUT2D eigenvalue weighted by atomic mass is 16.2. The predicted molar refractivity (Wildman–Crippen MR) is 83.1 cm³/mol. The average molecular weight is 277 g/mol. The van der Waals surface area contributed by atoms with Crippen LogP contribution in [0.5, 0.6) is 0 Å². The van der Waals surface area contributed by atoms with Crippen LogP contribution in [0.25, 0.3) is 0 Å². The normalized spacial score (nSPS) is 12.8. The van der Waals surface area contributed by atoms with Gasteiger partial charge in [0.2, 0.25) is 5.91 Å². The van der Waals surface area contributed by atoms with Gasteiger partial charge in [-0.1, -0.05) is 38.1 Å². The first-order valence-electron chi connectivity index (χ1n) is 7.14. The molecule has 0 aliphatic carbocycles. The molecule has 0 aromatic heterocycles. The zero-order valence-electron chi connectivity index (χ0n) is 13.0. The van der Waals surface area contributed by atoms with E-state index in [-0.39, 0.29) is 5.91 Å². The lowest BCUT2D eigenvalue weighted by Gasteiger charge is -2.15. The van der Waals surface area contributed by atoms with Crippen LogP contribution in [0, 0.1) is 5.92 Å². The Hall–Kier alpha value is -1.39. The van der Waals surface area contributed by atoms with Gasteiger partial charge in [-0.05, 0) is 37.6 Å². The summed E-state index contributed by atoms with van der Waals surface area (Å²) in [4.78, 5) is 14.0. The number of nitrogens with two attached hydrogens (primary N) is 1. The Bertz CT molecular complexity index is 429. The minimum absolute atomic E-state index is 0.0725. The van der Waals surface area contributed by atoms with Crippen LogP contribution in [-0.2, 0) is 17.9 Å². The van der Waals surface area contributed by atoms with Gasteiger partial charge in [0, 0.05) is 13.1 Å². The molecule has 0 saturated heterocycles. The van der Waals surface area contributed by atoms with Crippen LogP contribution in [0.4, 0.5) is 0 Å². The number of rotatable bonds is 7. The number of carbonyl (C=O) groups excluding carboxylic acids is 1. The van der Waals surface area contributed by atoms with Gasteiger partial charge in [-0.15, -0.1) is 0 Å². The minimum atomic E-state index is -0.417.